The number of fused-ring (bicyclic) bond motifs is 1. The van der Waals surface area contributed by atoms with Crippen molar-refractivity contribution in [2.24, 2.45) is 0 Å². The molecule has 0 unspecified atom stereocenters. The van der Waals surface area contributed by atoms with Gasteiger partial charge in [-0.3, -0.25) is 9.88 Å². The molecule has 0 aliphatic carbocycles. The number of aromatic amines is 1. The van der Waals surface area contributed by atoms with Gasteiger partial charge in [-0.2, -0.15) is 0 Å². The first-order valence-electron chi connectivity index (χ1n) is 9.18. The largest absolute Gasteiger partial charge is 0.464 e. The Morgan fingerprint density at radius 2 is 2.07 bits per heavy atom. The second kappa shape index (κ2) is 6.85. The molecule has 0 saturated carbocycles. The van der Waals surface area contributed by atoms with E-state index in [0.717, 1.165) is 36.5 Å². The van der Waals surface area contributed by atoms with E-state index in [1.807, 2.05) is 30.6 Å². The fourth-order valence-corrected chi connectivity index (χ4v) is 3.95. The first kappa shape index (κ1) is 16.0. The molecular formula is C22H20N4O. The van der Waals surface area contributed by atoms with Crippen molar-refractivity contribution in [2.75, 3.05) is 6.54 Å². The highest BCUT2D eigenvalue weighted by Gasteiger charge is 2.31. The summed E-state index contributed by atoms with van der Waals surface area (Å²) >= 11 is 0. The molecule has 0 fully saturated rings. The minimum atomic E-state index is 0.0957. The van der Waals surface area contributed by atoms with E-state index in [4.69, 9.17) is 4.42 Å². The number of furan rings is 1. The Kier molecular flexibility index (Phi) is 4.07. The Labute approximate surface area is 157 Å². The van der Waals surface area contributed by atoms with Gasteiger partial charge in [-0.15, -0.1) is 0 Å². The van der Waals surface area contributed by atoms with Gasteiger partial charge in [-0.25, -0.2) is 4.98 Å². The molecule has 1 aliphatic rings. The van der Waals surface area contributed by atoms with Gasteiger partial charge < -0.3 is 9.40 Å². The number of aromatic nitrogens is 3. The molecule has 5 rings (SSSR count). The van der Waals surface area contributed by atoms with Crippen molar-refractivity contribution in [3.05, 3.63) is 96.0 Å². The highest BCUT2D eigenvalue weighted by atomic mass is 16.3. The quantitative estimate of drug-likeness (QED) is 0.595. The summed E-state index contributed by atoms with van der Waals surface area (Å²) in [7, 11) is 0. The number of benzene rings is 1. The number of hydrogen-bond donors (Lipinski definition) is 1. The minimum absolute atomic E-state index is 0.0957. The average molecular weight is 356 g/mol. The maximum Gasteiger partial charge on any atom is 0.134 e. The van der Waals surface area contributed by atoms with Gasteiger partial charge in [0, 0.05) is 43.2 Å². The molecule has 4 heterocycles. The Balaban J connectivity index is 1.54. The second-order valence-electron chi connectivity index (χ2n) is 6.81. The van der Waals surface area contributed by atoms with Crippen LogP contribution in [0.1, 0.15) is 28.6 Å². The Hall–Kier alpha value is -3.18. The smallest absolute Gasteiger partial charge is 0.134 e. The third-order valence-corrected chi connectivity index (χ3v) is 5.20. The van der Waals surface area contributed by atoms with E-state index in [1.165, 1.54) is 16.8 Å². The molecule has 3 aromatic heterocycles. The molecule has 1 atom stereocenters. The fraction of sp³-hybridized carbons (Fsp3) is 0.182. The first-order chi connectivity index (χ1) is 13.4. The van der Waals surface area contributed by atoms with Crippen LogP contribution in [0.3, 0.4) is 0 Å². The molecule has 27 heavy (non-hydrogen) atoms. The van der Waals surface area contributed by atoms with Crippen LogP contribution in [0.2, 0.25) is 0 Å². The minimum Gasteiger partial charge on any atom is -0.464 e. The summed E-state index contributed by atoms with van der Waals surface area (Å²) in [5, 5.41) is 0. The molecule has 0 radical (unpaired) electrons. The van der Waals surface area contributed by atoms with Crippen molar-refractivity contribution in [1.82, 2.24) is 19.9 Å². The van der Waals surface area contributed by atoms with Crippen LogP contribution in [0.15, 0.2) is 77.9 Å². The van der Waals surface area contributed by atoms with Gasteiger partial charge >= 0.3 is 0 Å². The average Bonchev–Trinajstić information content (AvgIpc) is 3.41. The zero-order valence-electron chi connectivity index (χ0n) is 14.9. The van der Waals surface area contributed by atoms with Gasteiger partial charge in [0.05, 0.1) is 24.3 Å². The van der Waals surface area contributed by atoms with E-state index < -0.39 is 0 Å². The van der Waals surface area contributed by atoms with Gasteiger partial charge in [0.25, 0.3) is 0 Å². The van der Waals surface area contributed by atoms with E-state index in [-0.39, 0.29) is 6.04 Å². The lowest BCUT2D eigenvalue weighted by Gasteiger charge is -2.35. The molecule has 4 aromatic rings. The standard InChI is InChI=1S/C22H20N4O/c1-2-7-18(20-8-4-12-27-20)17(5-1)14-26-11-9-19-21(25-15-24-19)22(26)16-6-3-10-23-13-16/h1-8,10,12-13,15,22H,9,11,14H2,(H,24,25)/t22-/m1/s1. The zero-order valence-corrected chi connectivity index (χ0v) is 14.9. The Morgan fingerprint density at radius 1 is 1.11 bits per heavy atom. The molecule has 0 amide bonds. The van der Waals surface area contributed by atoms with E-state index in [9.17, 15) is 0 Å². The van der Waals surface area contributed by atoms with Crippen molar-refractivity contribution in [2.45, 2.75) is 19.0 Å². The lowest BCUT2D eigenvalue weighted by molar-refractivity contribution is 0.200. The molecule has 1 aliphatic heterocycles. The third-order valence-electron chi connectivity index (χ3n) is 5.20. The molecule has 1 aromatic carbocycles. The van der Waals surface area contributed by atoms with Crippen LogP contribution < -0.4 is 0 Å². The van der Waals surface area contributed by atoms with E-state index in [1.54, 1.807) is 12.6 Å². The maximum absolute atomic E-state index is 5.66. The monoisotopic (exact) mass is 356 g/mol. The van der Waals surface area contributed by atoms with Crippen molar-refractivity contribution >= 4 is 0 Å². The van der Waals surface area contributed by atoms with E-state index >= 15 is 0 Å². The SMILES string of the molecule is c1cncc([C@@H]2c3nc[nH]c3CCN2Cc2ccccc2-c2ccco2)c1. The summed E-state index contributed by atoms with van der Waals surface area (Å²) in [6.07, 6.45) is 8.25. The van der Waals surface area contributed by atoms with Crippen LogP contribution in [0.5, 0.6) is 0 Å². The van der Waals surface area contributed by atoms with Crippen molar-refractivity contribution in [3.63, 3.8) is 0 Å². The first-order valence-corrected chi connectivity index (χ1v) is 9.18. The van der Waals surface area contributed by atoms with Crippen molar-refractivity contribution in [1.29, 1.82) is 0 Å². The second-order valence-corrected chi connectivity index (χ2v) is 6.81. The number of imidazole rings is 1. The highest BCUT2D eigenvalue weighted by molar-refractivity contribution is 5.62. The number of hydrogen-bond acceptors (Lipinski definition) is 4. The number of pyridine rings is 1. The van der Waals surface area contributed by atoms with Crippen molar-refractivity contribution in [3.8, 4) is 11.3 Å². The summed E-state index contributed by atoms with van der Waals surface area (Å²) in [5.74, 6) is 0.904. The summed E-state index contributed by atoms with van der Waals surface area (Å²) in [6, 6.07) is 16.6. The van der Waals surface area contributed by atoms with Crippen LogP contribution in [-0.4, -0.2) is 26.4 Å². The molecule has 0 bridgehead atoms. The summed E-state index contributed by atoms with van der Waals surface area (Å²) < 4.78 is 5.66. The zero-order chi connectivity index (χ0) is 18.1. The lowest BCUT2D eigenvalue weighted by atomic mass is 9.95. The third kappa shape index (κ3) is 2.96. The van der Waals surface area contributed by atoms with Crippen LogP contribution in [-0.2, 0) is 13.0 Å². The van der Waals surface area contributed by atoms with Gasteiger partial charge in [0.2, 0.25) is 0 Å². The predicted octanol–water partition coefficient (Wildman–Crippen LogP) is 4.21. The normalized spacial score (nSPS) is 17.0. The van der Waals surface area contributed by atoms with E-state index in [2.05, 4.69) is 50.2 Å². The van der Waals surface area contributed by atoms with Gasteiger partial charge in [-0.05, 0) is 29.3 Å². The maximum atomic E-state index is 5.66. The molecule has 1 N–H and O–H groups in total. The fourth-order valence-electron chi connectivity index (χ4n) is 3.95. The van der Waals surface area contributed by atoms with Crippen LogP contribution in [0.4, 0.5) is 0 Å². The van der Waals surface area contributed by atoms with Crippen LogP contribution in [0, 0.1) is 0 Å². The Morgan fingerprint density at radius 3 is 2.93 bits per heavy atom. The number of nitrogens with one attached hydrogen (secondary N) is 1. The molecule has 5 heteroatoms. The van der Waals surface area contributed by atoms with Crippen LogP contribution in [0.25, 0.3) is 11.3 Å². The lowest BCUT2D eigenvalue weighted by Crippen LogP contribution is -2.36. The number of rotatable bonds is 4. The molecule has 0 saturated heterocycles. The van der Waals surface area contributed by atoms with Gasteiger partial charge in [0.15, 0.2) is 0 Å². The predicted molar refractivity (Wildman–Crippen MR) is 103 cm³/mol. The Bertz CT molecular complexity index is 1020. The van der Waals surface area contributed by atoms with E-state index in [0.29, 0.717) is 0 Å². The number of nitrogens with zero attached hydrogens (tertiary/aromatic N) is 3. The van der Waals surface area contributed by atoms with Crippen LogP contribution >= 0.6 is 0 Å². The van der Waals surface area contributed by atoms with Gasteiger partial charge in [0.1, 0.15) is 5.76 Å². The summed E-state index contributed by atoms with van der Waals surface area (Å²) in [5.41, 5.74) is 5.88. The summed E-state index contributed by atoms with van der Waals surface area (Å²) in [6.45, 7) is 1.78. The molecular weight excluding hydrogens is 336 g/mol. The van der Waals surface area contributed by atoms with Crippen molar-refractivity contribution < 1.29 is 4.42 Å². The molecule has 0 spiro atoms. The molecule has 134 valence electrons. The summed E-state index contributed by atoms with van der Waals surface area (Å²) in [4.78, 5) is 14.7. The van der Waals surface area contributed by atoms with Gasteiger partial charge in [-0.1, -0.05) is 30.3 Å². The topological polar surface area (TPSA) is 58.0 Å². The number of H-pyrrole nitrogens is 1. The highest BCUT2D eigenvalue weighted by Crippen LogP contribution is 2.35. The molecule has 5 nitrogen and oxygen atoms in total.